The molecule has 0 bridgehead atoms. The van der Waals surface area contributed by atoms with Gasteiger partial charge in [0.05, 0.1) is 25.0 Å². The molecular formula is C17H19NO4. The summed E-state index contributed by atoms with van der Waals surface area (Å²) in [5.74, 6) is 0.871. The van der Waals surface area contributed by atoms with Gasteiger partial charge >= 0.3 is 5.97 Å². The number of ether oxygens (including phenoxy) is 2. The van der Waals surface area contributed by atoms with Gasteiger partial charge in [-0.15, -0.1) is 6.58 Å². The molecular weight excluding hydrogens is 282 g/mol. The highest BCUT2D eigenvalue weighted by atomic mass is 16.7. The van der Waals surface area contributed by atoms with E-state index >= 15 is 0 Å². The highest BCUT2D eigenvalue weighted by molar-refractivity contribution is 6.24. The Morgan fingerprint density at radius 2 is 2.18 bits per heavy atom. The lowest BCUT2D eigenvalue weighted by Gasteiger charge is -2.14. The second kappa shape index (κ2) is 6.93. The highest BCUT2D eigenvalue weighted by Gasteiger charge is 2.22. The van der Waals surface area contributed by atoms with Gasteiger partial charge < -0.3 is 14.3 Å². The van der Waals surface area contributed by atoms with Gasteiger partial charge in [-0.1, -0.05) is 11.2 Å². The Labute approximate surface area is 129 Å². The molecule has 1 aromatic carbocycles. The molecule has 1 aromatic rings. The van der Waals surface area contributed by atoms with Crippen LogP contribution in [0.2, 0.25) is 0 Å². The molecule has 1 aliphatic rings. The normalized spacial score (nSPS) is 15.5. The first kappa shape index (κ1) is 15.8. The molecule has 2 rings (SSSR count). The summed E-state index contributed by atoms with van der Waals surface area (Å²) in [5.41, 5.74) is 2.77. The van der Waals surface area contributed by atoms with Crippen molar-refractivity contribution in [1.29, 1.82) is 0 Å². The van der Waals surface area contributed by atoms with Crippen molar-refractivity contribution in [2.75, 3.05) is 13.7 Å². The van der Waals surface area contributed by atoms with Crippen molar-refractivity contribution in [2.24, 2.45) is 5.16 Å². The highest BCUT2D eigenvalue weighted by Crippen LogP contribution is 2.34. The summed E-state index contributed by atoms with van der Waals surface area (Å²) >= 11 is 0. The fraction of sp³-hybridized carbons (Fsp3) is 0.294. The SMILES string of the molecule is C=CCc1cc(/C=C2\C(=O)ON=C2C)cc(OC)c1OCC. The van der Waals surface area contributed by atoms with Gasteiger partial charge in [-0.05, 0) is 44.0 Å². The van der Waals surface area contributed by atoms with Crippen LogP contribution in [0.25, 0.3) is 6.08 Å². The van der Waals surface area contributed by atoms with Crippen LogP contribution in [0, 0.1) is 0 Å². The first-order valence-electron chi connectivity index (χ1n) is 7.03. The Bertz CT molecular complexity index is 659. The predicted molar refractivity (Wildman–Crippen MR) is 85.2 cm³/mol. The molecule has 0 amide bonds. The second-order valence-corrected chi connectivity index (χ2v) is 4.75. The summed E-state index contributed by atoms with van der Waals surface area (Å²) in [4.78, 5) is 16.3. The lowest BCUT2D eigenvalue weighted by molar-refractivity contribution is -0.136. The van der Waals surface area contributed by atoms with E-state index in [0.717, 1.165) is 11.1 Å². The molecule has 0 radical (unpaired) electrons. The van der Waals surface area contributed by atoms with Crippen molar-refractivity contribution in [3.05, 3.63) is 41.5 Å². The van der Waals surface area contributed by atoms with E-state index in [1.807, 2.05) is 19.1 Å². The van der Waals surface area contributed by atoms with Crippen LogP contribution < -0.4 is 9.47 Å². The summed E-state index contributed by atoms with van der Waals surface area (Å²) in [6.07, 6.45) is 4.17. The first-order chi connectivity index (χ1) is 10.6. The number of methoxy groups -OCH3 is 1. The van der Waals surface area contributed by atoms with E-state index in [1.54, 1.807) is 26.2 Å². The monoisotopic (exact) mass is 301 g/mol. The van der Waals surface area contributed by atoms with Gasteiger partial charge in [0.25, 0.3) is 0 Å². The van der Waals surface area contributed by atoms with Gasteiger partial charge in [-0.2, -0.15) is 0 Å². The van der Waals surface area contributed by atoms with Gasteiger partial charge in [-0.25, -0.2) is 4.79 Å². The van der Waals surface area contributed by atoms with E-state index in [-0.39, 0.29) is 0 Å². The fourth-order valence-corrected chi connectivity index (χ4v) is 2.22. The zero-order chi connectivity index (χ0) is 16.1. The number of carbonyl (C=O) groups excluding carboxylic acids is 1. The minimum Gasteiger partial charge on any atom is -0.493 e. The number of oxime groups is 1. The smallest absolute Gasteiger partial charge is 0.367 e. The number of benzene rings is 1. The standard InChI is InChI=1S/C17H19NO4/c1-5-7-13-8-12(9-14-11(3)18-22-17(14)19)10-15(20-4)16(13)21-6-2/h5,8-10H,1,6-7H2,2-4H3/b14-9-. The van der Waals surface area contributed by atoms with Crippen LogP contribution in [-0.4, -0.2) is 25.4 Å². The molecule has 1 heterocycles. The quantitative estimate of drug-likeness (QED) is 0.460. The summed E-state index contributed by atoms with van der Waals surface area (Å²) in [6, 6.07) is 3.77. The number of rotatable bonds is 6. The van der Waals surface area contributed by atoms with Gasteiger partial charge in [0, 0.05) is 5.56 Å². The van der Waals surface area contributed by atoms with Gasteiger partial charge in [0.15, 0.2) is 11.5 Å². The zero-order valence-electron chi connectivity index (χ0n) is 13.0. The van der Waals surface area contributed by atoms with E-state index < -0.39 is 5.97 Å². The average molecular weight is 301 g/mol. The maximum Gasteiger partial charge on any atom is 0.367 e. The molecule has 0 N–H and O–H groups in total. The maximum atomic E-state index is 11.6. The Morgan fingerprint density at radius 3 is 2.73 bits per heavy atom. The minimum atomic E-state index is -0.448. The lowest BCUT2D eigenvalue weighted by atomic mass is 10.0. The number of carbonyl (C=O) groups is 1. The molecule has 0 saturated carbocycles. The molecule has 0 saturated heterocycles. The fourth-order valence-electron chi connectivity index (χ4n) is 2.22. The maximum absolute atomic E-state index is 11.6. The van der Waals surface area contributed by atoms with E-state index in [0.29, 0.717) is 35.8 Å². The molecule has 5 nitrogen and oxygen atoms in total. The molecule has 0 atom stereocenters. The zero-order valence-corrected chi connectivity index (χ0v) is 13.0. The molecule has 0 unspecified atom stereocenters. The molecule has 0 fully saturated rings. The number of allylic oxidation sites excluding steroid dienone is 1. The van der Waals surface area contributed by atoms with Crippen molar-refractivity contribution in [3.8, 4) is 11.5 Å². The minimum absolute atomic E-state index is 0.441. The van der Waals surface area contributed by atoms with Crippen molar-refractivity contribution in [2.45, 2.75) is 20.3 Å². The van der Waals surface area contributed by atoms with Crippen LogP contribution in [0.5, 0.6) is 11.5 Å². The number of nitrogens with zero attached hydrogens (tertiary/aromatic N) is 1. The third-order valence-electron chi connectivity index (χ3n) is 3.21. The third kappa shape index (κ3) is 3.19. The average Bonchev–Trinajstić information content (AvgIpc) is 2.81. The summed E-state index contributed by atoms with van der Waals surface area (Å²) in [5, 5.41) is 3.67. The largest absolute Gasteiger partial charge is 0.493 e. The number of hydrogen-bond donors (Lipinski definition) is 0. The van der Waals surface area contributed by atoms with Crippen molar-refractivity contribution < 1.29 is 19.1 Å². The van der Waals surface area contributed by atoms with Crippen molar-refractivity contribution >= 4 is 17.8 Å². The van der Waals surface area contributed by atoms with Gasteiger partial charge in [0.2, 0.25) is 0 Å². The Kier molecular flexibility index (Phi) is 4.99. The van der Waals surface area contributed by atoms with Crippen molar-refractivity contribution in [3.63, 3.8) is 0 Å². The summed E-state index contributed by atoms with van der Waals surface area (Å²) in [7, 11) is 1.59. The predicted octanol–water partition coefficient (Wildman–Crippen LogP) is 3.14. The third-order valence-corrected chi connectivity index (χ3v) is 3.21. The molecule has 0 aromatic heterocycles. The topological polar surface area (TPSA) is 57.1 Å². The Balaban J connectivity index is 2.51. The van der Waals surface area contributed by atoms with Crippen LogP contribution in [0.1, 0.15) is 25.0 Å². The van der Waals surface area contributed by atoms with Gasteiger partial charge in [0.1, 0.15) is 0 Å². The summed E-state index contributed by atoms with van der Waals surface area (Å²) < 4.78 is 11.1. The molecule has 116 valence electrons. The lowest BCUT2D eigenvalue weighted by Crippen LogP contribution is -2.03. The van der Waals surface area contributed by atoms with E-state index in [4.69, 9.17) is 9.47 Å². The number of hydrogen-bond acceptors (Lipinski definition) is 5. The van der Waals surface area contributed by atoms with Crippen LogP contribution in [0.3, 0.4) is 0 Å². The van der Waals surface area contributed by atoms with E-state index in [9.17, 15) is 4.79 Å². The van der Waals surface area contributed by atoms with Crippen LogP contribution >= 0.6 is 0 Å². The van der Waals surface area contributed by atoms with Crippen molar-refractivity contribution in [1.82, 2.24) is 0 Å². The molecule has 5 heteroatoms. The van der Waals surface area contributed by atoms with Crippen LogP contribution in [-0.2, 0) is 16.1 Å². The Morgan fingerprint density at radius 1 is 1.41 bits per heavy atom. The summed E-state index contributed by atoms with van der Waals surface area (Å²) in [6.45, 7) is 7.95. The van der Waals surface area contributed by atoms with Crippen LogP contribution in [0.15, 0.2) is 35.5 Å². The van der Waals surface area contributed by atoms with Crippen LogP contribution in [0.4, 0.5) is 0 Å². The second-order valence-electron chi connectivity index (χ2n) is 4.75. The first-order valence-corrected chi connectivity index (χ1v) is 7.03. The van der Waals surface area contributed by atoms with E-state index in [2.05, 4.69) is 16.6 Å². The van der Waals surface area contributed by atoms with Gasteiger partial charge in [-0.3, -0.25) is 0 Å². The molecule has 0 spiro atoms. The Hall–Kier alpha value is -2.56. The molecule has 22 heavy (non-hydrogen) atoms. The van der Waals surface area contributed by atoms with E-state index in [1.165, 1.54) is 0 Å². The molecule has 1 aliphatic heterocycles. The molecule has 0 aliphatic carbocycles.